The Labute approximate surface area is 101 Å². The van der Waals surface area contributed by atoms with Gasteiger partial charge in [0.2, 0.25) is 5.91 Å². The Bertz CT molecular complexity index is 351. The summed E-state index contributed by atoms with van der Waals surface area (Å²) in [6.45, 7) is 0.574. The highest BCUT2D eigenvalue weighted by molar-refractivity contribution is 5.76. The third kappa shape index (κ3) is 3.81. The second-order valence-corrected chi connectivity index (χ2v) is 4.61. The van der Waals surface area contributed by atoms with E-state index in [1.807, 2.05) is 0 Å². The topological polar surface area (TPSA) is 85.8 Å². The SMILES string of the molecule is NC1CCCC(NC(=O)CCn2ccnn2)C1. The smallest absolute Gasteiger partial charge is 0.222 e. The van der Waals surface area contributed by atoms with Gasteiger partial charge >= 0.3 is 0 Å². The van der Waals surface area contributed by atoms with Crippen LogP contribution in [0.4, 0.5) is 0 Å². The van der Waals surface area contributed by atoms with E-state index in [9.17, 15) is 4.79 Å². The predicted molar refractivity (Wildman–Crippen MR) is 63.0 cm³/mol. The summed E-state index contributed by atoms with van der Waals surface area (Å²) in [5, 5.41) is 10.5. The summed E-state index contributed by atoms with van der Waals surface area (Å²) in [4.78, 5) is 11.7. The van der Waals surface area contributed by atoms with Crippen molar-refractivity contribution in [2.45, 2.75) is 50.7 Å². The minimum Gasteiger partial charge on any atom is -0.353 e. The lowest BCUT2D eigenvalue weighted by Gasteiger charge is -2.27. The average Bonchev–Trinajstić information content (AvgIpc) is 2.79. The van der Waals surface area contributed by atoms with E-state index in [1.165, 1.54) is 0 Å². The maximum Gasteiger partial charge on any atom is 0.222 e. The minimum absolute atomic E-state index is 0.0691. The van der Waals surface area contributed by atoms with E-state index in [2.05, 4.69) is 15.6 Å². The first-order chi connectivity index (χ1) is 8.24. The highest BCUT2D eigenvalue weighted by atomic mass is 16.1. The van der Waals surface area contributed by atoms with Crippen LogP contribution in [0.3, 0.4) is 0 Å². The van der Waals surface area contributed by atoms with Crippen molar-refractivity contribution in [3.05, 3.63) is 12.4 Å². The van der Waals surface area contributed by atoms with Gasteiger partial charge in [-0.1, -0.05) is 5.21 Å². The van der Waals surface area contributed by atoms with Crippen LogP contribution in [-0.2, 0) is 11.3 Å². The van der Waals surface area contributed by atoms with Gasteiger partial charge in [0.1, 0.15) is 0 Å². The molecular weight excluding hydrogens is 218 g/mol. The number of hydrogen-bond acceptors (Lipinski definition) is 4. The maximum absolute atomic E-state index is 11.7. The summed E-state index contributed by atoms with van der Waals surface area (Å²) < 4.78 is 1.66. The summed E-state index contributed by atoms with van der Waals surface area (Å²) >= 11 is 0. The van der Waals surface area contributed by atoms with Crippen molar-refractivity contribution in [2.24, 2.45) is 5.73 Å². The quantitative estimate of drug-likeness (QED) is 0.775. The third-order valence-corrected chi connectivity index (χ3v) is 3.12. The van der Waals surface area contributed by atoms with E-state index >= 15 is 0 Å². The molecule has 6 nitrogen and oxygen atoms in total. The molecule has 1 aromatic heterocycles. The second kappa shape index (κ2) is 5.77. The fraction of sp³-hybridized carbons (Fsp3) is 0.727. The number of rotatable bonds is 4. The Morgan fingerprint density at radius 3 is 3.12 bits per heavy atom. The van der Waals surface area contributed by atoms with Crippen molar-refractivity contribution in [1.82, 2.24) is 20.3 Å². The number of carbonyl (C=O) groups excluding carboxylic acids is 1. The fourth-order valence-electron chi connectivity index (χ4n) is 2.23. The molecule has 1 amide bonds. The van der Waals surface area contributed by atoms with Gasteiger partial charge < -0.3 is 11.1 Å². The Morgan fingerprint density at radius 1 is 1.53 bits per heavy atom. The van der Waals surface area contributed by atoms with Crippen LogP contribution in [0.2, 0.25) is 0 Å². The largest absolute Gasteiger partial charge is 0.353 e. The summed E-state index contributed by atoms with van der Waals surface area (Å²) in [7, 11) is 0. The Balaban J connectivity index is 1.70. The highest BCUT2D eigenvalue weighted by Gasteiger charge is 2.20. The van der Waals surface area contributed by atoms with Crippen LogP contribution in [0.25, 0.3) is 0 Å². The maximum atomic E-state index is 11.7. The molecule has 2 rings (SSSR count). The van der Waals surface area contributed by atoms with Crippen LogP contribution in [0.5, 0.6) is 0 Å². The number of nitrogens with one attached hydrogen (secondary N) is 1. The molecule has 1 fully saturated rings. The zero-order chi connectivity index (χ0) is 12.1. The molecule has 0 aliphatic heterocycles. The molecule has 94 valence electrons. The zero-order valence-electron chi connectivity index (χ0n) is 9.88. The van der Waals surface area contributed by atoms with Gasteiger partial charge in [-0.3, -0.25) is 9.48 Å². The zero-order valence-corrected chi connectivity index (χ0v) is 9.88. The van der Waals surface area contributed by atoms with E-state index in [-0.39, 0.29) is 18.0 Å². The Morgan fingerprint density at radius 2 is 2.41 bits per heavy atom. The highest BCUT2D eigenvalue weighted by Crippen LogP contribution is 2.16. The first-order valence-corrected chi connectivity index (χ1v) is 6.13. The van der Waals surface area contributed by atoms with Gasteiger partial charge in [0.25, 0.3) is 0 Å². The summed E-state index contributed by atoms with van der Waals surface area (Å²) in [6.07, 6.45) is 7.93. The lowest BCUT2D eigenvalue weighted by Crippen LogP contribution is -2.42. The lowest BCUT2D eigenvalue weighted by atomic mass is 9.91. The normalized spacial score (nSPS) is 24.5. The number of amides is 1. The molecule has 0 radical (unpaired) electrons. The number of hydrogen-bond donors (Lipinski definition) is 2. The van der Waals surface area contributed by atoms with Gasteiger partial charge in [-0.2, -0.15) is 0 Å². The lowest BCUT2D eigenvalue weighted by molar-refractivity contribution is -0.122. The van der Waals surface area contributed by atoms with E-state index < -0.39 is 0 Å². The van der Waals surface area contributed by atoms with Crippen LogP contribution in [0, 0.1) is 0 Å². The van der Waals surface area contributed by atoms with Crippen LogP contribution < -0.4 is 11.1 Å². The van der Waals surface area contributed by atoms with Crippen molar-refractivity contribution in [3.63, 3.8) is 0 Å². The Kier molecular flexibility index (Phi) is 4.08. The molecule has 17 heavy (non-hydrogen) atoms. The Hall–Kier alpha value is -1.43. The van der Waals surface area contributed by atoms with Gasteiger partial charge in [-0.05, 0) is 25.7 Å². The number of aryl methyl sites for hydroxylation is 1. The molecule has 1 heterocycles. The van der Waals surface area contributed by atoms with Crippen LogP contribution in [0.15, 0.2) is 12.4 Å². The number of nitrogens with zero attached hydrogens (tertiary/aromatic N) is 3. The molecule has 1 aromatic rings. The number of aromatic nitrogens is 3. The summed E-state index contributed by atoms with van der Waals surface area (Å²) in [5.41, 5.74) is 5.88. The van der Waals surface area contributed by atoms with Crippen LogP contribution in [0.1, 0.15) is 32.1 Å². The summed E-state index contributed by atoms with van der Waals surface area (Å²) in [5.74, 6) is 0.0691. The molecule has 2 unspecified atom stereocenters. The molecule has 1 aliphatic carbocycles. The van der Waals surface area contributed by atoms with Crippen LogP contribution >= 0.6 is 0 Å². The second-order valence-electron chi connectivity index (χ2n) is 4.61. The molecule has 6 heteroatoms. The van der Waals surface area contributed by atoms with Gasteiger partial charge in [0.15, 0.2) is 0 Å². The van der Waals surface area contributed by atoms with Crippen molar-refractivity contribution in [2.75, 3.05) is 0 Å². The third-order valence-electron chi connectivity index (χ3n) is 3.12. The monoisotopic (exact) mass is 237 g/mol. The van der Waals surface area contributed by atoms with Crippen molar-refractivity contribution >= 4 is 5.91 Å². The van der Waals surface area contributed by atoms with E-state index in [1.54, 1.807) is 17.1 Å². The van der Waals surface area contributed by atoms with Crippen LogP contribution in [-0.4, -0.2) is 33.0 Å². The van der Waals surface area contributed by atoms with Gasteiger partial charge in [-0.25, -0.2) is 0 Å². The van der Waals surface area contributed by atoms with E-state index in [0.717, 1.165) is 25.7 Å². The molecule has 2 atom stereocenters. The van der Waals surface area contributed by atoms with E-state index in [4.69, 9.17) is 5.73 Å². The van der Waals surface area contributed by atoms with Crippen molar-refractivity contribution in [1.29, 1.82) is 0 Å². The predicted octanol–water partition coefficient (Wildman–Crippen LogP) is 0.0543. The molecule has 0 bridgehead atoms. The van der Waals surface area contributed by atoms with Crippen molar-refractivity contribution < 1.29 is 4.79 Å². The van der Waals surface area contributed by atoms with Gasteiger partial charge in [0, 0.05) is 24.7 Å². The minimum atomic E-state index is 0.0691. The molecule has 1 saturated carbocycles. The number of carbonyl (C=O) groups is 1. The molecule has 0 spiro atoms. The van der Waals surface area contributed by atoms with E-state index in [0.29, 0.717) is 13.0 Å². The van der Waals surface area contributed by atoms with Gasteiger partial charge in [-0.15, -0.1) is 5.10 Å². The molecule has 0 saturated heterocycles. The molecule has 3 N–H and O–H groups in total. The van der Waals surface area contributed by atoms with Crippen molar-refractivity contribution in [3.8, 4) is 0 Å². The first-order valence-electron chi connectivity index (χ1n) is 6.13. The standard InChI is InChI=1S/C11H19N5O/c12-9-2-1-3-10(8-9)14-11(17)4-6-16-7-5-13-15-16/h5,7,9-10H,1-4,6,8,12H2,(H,14,17). The fourth-order valence-corrected chi connectivity index (χ4v) is 2.23. The molecule has 1 aliphatic rings. The average molecular weight is 237 g/mol. The molecular formula is C11H19N5O. The summed E-state index contributed by atoms with van der Waals surface area (Å²) in [6, 6.07) is 0.492. The van der Waals surface area contributed by atoms with Gasteiger partial charge in [0.05, 0.1) is 12.7 Å². The first kappa shape index (κ1) is 12.0. The molecule has 0 aromatic carbocycles. The number of nitrogens with two attached hydrogens (primary N) is 1.